The number of benzene rings is 1. The number of nitrogens with one attached hydrogen (secondary N) is 2. The molecule has 0 saturated heterocycles. The topological polar surface area (TPSA) is 74.6 Å². The van der Waals surface area contributed by atoms with Gasteiger partial charge in [-0.05, 0) is 42.9 Å². The van der Waals surface area contributed by atoms with Crippen molar-refractivity contribution >= 4 is 39.3 Å². The zero-order valence-corrected chi connectivity index (χ0v) is 19.3. The van der Waals surface area contributed by atoms with Gasteiger partial charge in [0.25, 0.3) is 0 Å². The van der Waals surface area contributed by atoms with E-state index in [1.165, 1.54) is 11.9 Å². The molecule has 0 radical (unpaired) electrons. The van der Waals surface area contributed by atoms with Crippen LogP contribution < -0.4 is 10.6 Å². The maximum atomic E-state index is 12.8. The molecule has 2 atom stereocenters. The Hall–Kier alpha value is -2.85. The van der Waals surface area contributed by atoms with Crippen molar-refractivity contribution in [2.75, 3.05) is 5.32 Å². The number of thiophene rings is 1. The molecule has 0 amide bonds. The molecular formula is C24H25F3N6S. The van der Waals surface area contributed by atoms with E-state index in [0.717, 1.165) is 61.3 Å². The highest BCUT2D eigenvalue weighted by atomic mass is 32.1. The second-order valence-electron chi connectivity index (χ2n) is 8.78. The number of rotatable bonds is 7. The Morgan fingerprint density at radius 3 is 2.65 bits per heavy atom. The monoisotopic (exact) mass is 486 g/mol. The number of hydrogen-bond acceptors (Lipinski definition) is 7. The third-order valence-electron chi connectivity index (χ3n) is 6.20. The minimum atomic E-state index is -4.23. The summed E-state index contributed by atoms with van der Waals surface area (Å²) in [7, 11) is 0. The van der Waals surface area contributed by atoms with Gasteiger partial charge >= 0.3 is 6.18 Å². The van der Waals surface area contributed by atoms with Gasteiger partial charge in [-0.25, -0.2) is 9.97 Å². The standard InChI is InChI=1S/C24H25F3N6S/c25-24(26,27)12-19-11-20-22(29-14-30-23(20)34-19)32-18-3-1-2-17(10-18)28-13-15-4-6-16(7-5-15)21-8-9-31-33-21/h4-7,9,11,14,17-18,28H,1-3,8,10,12-13H2,(H,29,30,32)/t17-,18+/m0/s1. The fourth-order valence-corrected chi connectivity index (χ4v) is 5.56. The second-order valence-corrected chi connectivity index (χ2v) is 9.89. The van der Waals surface area contributed by atoms with E-state index < -0.39 is 12.6 Å². The lowest BCUT2D eigenvalue weighted by Crippen LogP contribution is -2.38. The van der Waals surface area contributed by atoms with E-state index in [-0.39, 0.29) is 10.9 Å². The summed E-state index contributed by atoms with van der Waals surface area (Å²) in [6.45, 7) is 0.781. The van der Waals surface area contributed by atoms with Gasteiger partial charge in [0.1, 0.15) is 17.0 Å². The highest BCUT2D eigenvalue weighted by molar-refractivity contribution is 7.18. The molecule has 0 spiro atoms. The van der Waals surface area contributed by atoms with Crippen LogP contribution in [-0.2, 0) is 13.0 Å². The molecule has 2 aliphatic rings. The number of hydrogen-bond donors (Lipinski definition) is 2. The molecule has 0 bridgehead atoms. The van der Waals surface area contributed by atoms with E-state index in [2.05, 4.69) is 55.1 Å². The Balaban J connectivity index is 1.18. The molecule has 0 unspecified atom stereocenters. The molecule has 1 saturated carbocycles. The lowest BCUT2D eigenvalue weighted by molar-refractivity contribution is -0.126. The van der Waals surface area contributed by atoms with Crippen molar-refractivity contribution in [3.8, 4) is 0 Å². The smallest absolute Gasteiger partial charge is 0.367 e. The highest BCUT2D eigenvalue weighted by Gasteiger charge is 2.29. The van der Waals surface area contributed by atoms with Crippen molar-refractivity contribution in [3.05, 3.63) is 52.7 Å². The lowest BCUT2D eigenvalue weighted by atomic mass is 9.90. The fraction of sp³-hybridized carbons (Fsp3) is 0.417. The van der Waals surface area contributed by atoms with E-state index in [1.807, 2.05) is 6.21 Å². The van der Waals surface area contributed by atoms with Gasteiger partial charge in [-0.2, -0.15) is 23.4 Å². The summed E-state index contributed by atoms with van der Waals surface area (Å²) in [6, 6.07) is 10.6. The van der Waals surface area contributed by atoms with Gasteiger partial charge in [0.05, 0.1) is 17.5 Å². The van der Waals surface area contributed by atoms with Crippen molar-refractivity contribution in [1.29, 1.82) is 0 Å². The van der Waals surface area contributed by atoms with Crippen molar-refractivity contribution in [1.82, 2.24) is 15.3 Å². The van der Waals surface area contributed by atoms with Gasteiger partial charge in [0, 0.05) is 36.1 Å². The van der Waals surface area contributed by atoms with Crippen LogP contribution in [0.2, 0.25) is 0 Å². The van der Waals surface area contributed by atoms with Crippen molar-refractivity contribution in [2.24, 2.45) is 10.2 Å². The number of fused-ring (bicyclic) bond motifs is 1. The molecule has 3 heterocycles. The Labute approximate surface area is 199 Å². The quantitative estimate of drug-likeness (QED) is 0.463. The Bertz CT molecular complexity index is 1200. The summed E-state index contributed by atoms with van der Waals surface area (Å²) in [5.41, 5.74) is 3.31. The first-order valence-electron chi connectivity index (χ1n) is 11.4. The van der Waals surface area contributed by atoms with Crippen molar-refractivity contribution in [2.45, 2.75) is 63.3 Å². The van der Waals surface area contributed by atoms with E-state index in [0.29, 0.717) is 22.1 Å². The van der Waals surface area contributed by atoms with E-state index >= 15 is 0 Å². The molecule has 2 aromatic heterocycles. The van der Waals surface area contributed by atoms with Gasteiger partial charge in [-0.3, -0.25) is 0 Å². The SMILES string of the molecule is FC(F)(F)Cc1cc2c(N[C@@H]3CCC[C@H](NCc4ccc(C5=NN=CC5)cc4)C3)ncnc2s1. The molecule has 1 aliphatic heterocycles. The summed E-state index contributed by atoms with van der Waals surface area (Å²) < 4.78 is 38.4. The van der Waals surface area contributed by atoms with Crippen molar-refractivity contribution < 1.29 is 13.2 Å². The Morgan fingerprint density at radius 1 is 1.06 bits per heavy atom. The molecule has 1 aromatic carbocycles. The van der Waals surface area contributed by atoms with Crippen LogP contribution in [0.25, 0.3) is 10.2 Å². The molecule has 1 fully saturated rings. The highest BCUT2D eigenvalue weighted by Crippen LogP contribution is 2.33. The summed E-state index contributed by atoms with van der Waals surface area (Å²) in [5.74, 6) is 0.620. The van der Waals surface area contributed by atoms with Crippen LogP contribution in [0, 0.1) is 0 Å². The molecular weight excluding hydrogens is 461 g/mol. The predicted octanol–water partition coefficient (Wildman–Crippen LogP) is 5.49. The molecule has 178 valence electrons. The number of halogens is 3. The third-order valence-corrected chi connectivity index (χ3v) is 7.24. The fourth-order valence-electron chi connectivity index (χ4n) is 4.54. The average Bonchev–Trinajstić information content (AvgIpc) is 3.48. The maximum absolute atomic E-state index is 12.8. The van der Waals surface area contributed by atoms with Gasteiger partial charge in [0.2, 0.25) is 0 Å². The predicted molar refractivity (Wildman–Crippen MR) is 130 cm³/mol. The molecule has 10 heteroatoms. The summed E-state index contributed by atoms with van der Waals surface area (Å²) in [4.78, 5) is 9.34. The normalized spacial score (nSPS) is 20.6. The molecule has 2 N–H and O–H groups in total. The van der Waals surface area contributed by atoms with Gasteiger partial charge in [-0.1, -0.05) is 24.3 Å². The van der Waals surface area contributed by atoms with Crippen LogP contribution in [0.5, 0.6) is 0 Å². The number of anilines is 1. The maximum Gasteiger partial charge on any atom is 0.393 e. The number of aromatic nitrogens is 2. The molecule has 6 nitrogen and oxygen atoms in total. The molecule has 34 heavy (non-hydrogen) atoms. The average molecular weight is 487 g/mol. The van der Waals surface area contributed by atoms with Crippen LogP contribution in [-0.4, -0.2) is 40.2 Å². The first-order chi connectivity index (χ1) is 16.4. The third kappa shape index (κ3) is 5.61. The zero-order chi connectivity index (χ0) is 23.5. The van der Waals surface area contributed by atoms with E-state index in [1.54, 1.807) is 6.07 Å². The van der Waals surface area contributed by atoms with E-state index in [9.17, 15) is 13.2 Å². The van der Waals surface area contributed by atoms with Crippen molar-refractivity contribution in [3.63, 3.8) is 0 Å². The summed E-state index contributed by atoms with van der Waals surface area (Å²) >= 11 is 1.08. The van der Waals surface area contributed by atoms with Crippen LogP contribution in [0.4, 0.5) is 19.0 Å². The first kappa shape index (κ1) is 22.9. The zero-order valence-electron chi connectivity index (χ0n) is 18.5. The molecule has 5 rings (SSSR count). The van der Waals surface area contributed by atoms with Crippen LogP contribution in [0.3, 0.4) is 0 Å². The lowest BCUT2D eigenvalue weighted by Gasteiger charge is -2.31. The molecule has 3 aromatic rings. The first-order valence-corrected chi connectivity index (χ1v) is 12.2. The Kier molecular flexibility index (Phi) is 6.60. The van der Waals surface area contributed by atoms with Crippen LogP contribution in [0.1, 0.15) is 48.1 Å². The minimum absolute atomic E-state index is 0.207. The minimum Gasteiger partial charge on any atom is -0.367 e. The molecule has 1 aliphatic carbocycles. The summed E-state index contributed by atoms with van der Waals surface area (Å²) in [6.07, 6.45) is 2.94. The second kappa shape index (κ2) is 9.79. The number of alkyl halides is 3. The van der Waals surface area contributed by atoms with Gasteiger partial charge in [-0.15, -0.1) is 11.3 Å². The number of nitrogens with zero attached hydrogens (tertiary/aromatic N) is 4. The van der Waals surface area contributed by atoms with Crippen LogP contribution >= 0.6 is 11.3 Å². The largest absolute Gasteiger partial charge is 0.393 e. The summed E-state index contributed by atoms with van der Waals surface area (Å²) in [5, 5.41) is 15.9. The Morgan fingerprint density at radius 2 is 1.88 bits per heavy atom. The van der Waals surface area contributed by atoms with E-state index in [4.69, 9.17) is 0 Å². The van der Waals surface area contributed by atoms with Gasteiger partial charge in [0.15, 0.2) is 0 Å². The van der Waals surface area contributed by atoms with Gasteiger partial charge < -0.3 is 10.6 Å². The van der Waals surface area contributed by atoms with Crippen LogP contribution in [0.15, 0.2) is 46.9 Å².